The van der Waals surface area contributed by atoms with Gasteiger partial charge in [-0.3, -0.25) is 4.79 Å². The van der Waals surface area contributed by atoms with E-state index in [-0.39, 0.29) is 11.5 Å². The molecule has 2 aromatic carbocycles. The lowest BCUT2D eigenvalue weighted by atomic mass is 10.2. The topological polar surface area (TPSA) is 75.6 Å². The number of anilines is 1. The first-order valence-electron chi connectivity index (χ1n) is 8.04. The monoisotopic (exact) mass is 405 g/mol. The zero-order valence-corrected chi connectivity index (χ0v) is 15.5. The van der Waals surface area contributed by atoms with Crippen molar-refractivity contribution in [1.29, 1.82) is 0 Å². The predicted molar refractivity (Wildman–Crippen MR) is 100 cm³/mol. The molecule has 0 atom stereocenters. The molecule has 0 spiro atoms. The van der Waals surface area contributed by atoms with Crippen LogP contribution < -0.4 is 10.1 Å². The fourth-order valence-corrected chi connectivity index (χ4v) is 2.79. The minimum absolute atomic E-state index is 0.140. The third-order valence-corrected chi connectivity index (χ3v) is 4.22. The molecule has 0 saturated heterocycles. The van der Waals surface area contributed by atoms with Crippen molar-refractivity contribution in [1.82, 2.24) is 0 Å². The van der Waals surface area contributed by atoms with Gasteiger partial charge in [0.05, 0.1) is 16.6 Å². The number of hydrogen-bond acceptors (Lipinski definition) is 3. The van der Waals surface area contributed by atoms with Gasteiger partial charge in [0.1, 0.15) is 5.75 Å². The predicted octanol–water partition coefficient (Wildman–Crippen LogP) is 4.51. The van der Waals surface area contributed by atoms with Gasteiger partial charge >= 0.3 is 5.97 Å². The molecule has 2 aromatic rings. The molecule has 0 fully saturated rings. The van der Waals surface area contributed by atoms with Crippen LogP contribution in [0.15, 0.2) is 46.9 Å². The van der Waals surface area contributed by atoms with Crippen LogP contribution in [0.5, 0.6) is 5.75 Å². The maximum atomic E-state index is 11.9. The van der Waals surface area contributed by atoms with Gasteiger partial charge in [0.15, 0.2) is 0 Å². The number of aryl methyl sites for hydroxylation is 1. The van der Waals surface area contributed by atoms with Gasteiger partial charge in [0.2, 0.25) is 5.91 Å². The molecule has 0 bridgehead atoms. The van der Waals surface area contributed by atoms with E-state index in [2.05, 4.69) is 28.2 Å². The van der Waals surface area contributed by atoms with Gasteiger partial charge in [-0.25, -0.2) is 4.79 Å². The lowest BCUT2D eigenvalue weighted by Gasteiger charge is -2.10. The Morgan fingerprint density at radius 3 is 2.68 bits per heavy atom. The van der Waals surface area contributed by atoms with Crippen LogP contribution in [-0.2, 0) is 11.2 Å². The molecule has 25 heavy (non-hydrogen) atoms. The van der Waals surface area contributed by atoms with Crippen LogP contribution in [0, 0.1) is 0 Å². The van der Waals surface area contributed by atoms with E-state index >= 15 is 0 Å². The van der Waals surface area contributed by atoms with Crippen LogP contribution in [0.4, 0.5) is 5.69 Å². The lowest BCUT2D eigenvalue weighted by molar-refractivity contribution is -0.116. The van der Waals surface area contributed by atoms with Gasteiger partial charge in [-0.1, -0.05) is 19.1 Å². The van der Waals surface area contributed by atoms with E-state index in [0.29, 0.717) is 25.1 Å². The Kier molecular flexibility index (Phi) is 7.01. The minimum atomic E-state index is -1.02. The van der Waals surface area contributed by atoms with Crippen molar-refractivity contribution >= 4 is 33.5 Å². The number of carbonyl (C=O) groups excluding carboxylic acids is 1. The average Bonchev–Trinajstić information content (AvgIpc) is 2.59. The van der Waals surface area contributed by atoms with Gasteiger partial charge in [-0.05, 0) is 64.7 Å². The second-order valence-electron chi connectivity index (χ2n) is 5.50. The third-order valence-electron chi connectivity index (χ3n) is 3.60. The van der Waals surface area contributed by atoms with E-state index in [1.54, 1.807) is 12.1 Å². The van der Waals surface area contributed by atoms with Crippen LogP contribution >= 0.6 is 15.9 Å². The first-order chi connectivity index (χ1) is 12.0. The summed E-state index contributed by atoms with van der Waals surface area (Å²) in [6.07, 6.45) is 1.82. The summed E-state index contributed by atoms with van der Waals surface area (Å²) in [6.45, 7) is 2.51. The number of nitrogens with one attached hydrogen (secondary N) is 1. The summed E-state index contributed by atoms with van der Waals surface area (Å²) in [5.74, 6) is -0.442. The number of carboxylic acids is 1. The molecule has 2 N–H and O–H groups in total. The molecule has 1 amide bonds. The number of carboxylic acid groups (broad SMARTS) is 1. The molecule has 0 aromatic heterocycles. The van der Waals surface area contributed by atoms with Crippen LogP contribution in [0.3, 0.4) is 0 Å². The van der Waals surface area contributed by atoms with E-state index in [0.717, 1.165) is 16.6 Å². The summed E-state index contributed by atoms with van der Waals surface area (Å²) in [7, 11) is 0. The van der Waals surface area contributed by atoms with Crippen molar-refractivity contribution in [2.24, 2.45) is 0 Å². The molecule has 0 saturated carbocycles. The summed E-state index contributed by atoms with van der Waals surface area (Å²) in [6, 6.07) is 12.1. The van der Waals surface area contributed by atoms with E-state index in [1.165, 1.54) is 17.7 Å². The molecular weight excluding hydrogens is 386 g/mol. The summed E-state index contributed by atoms with van der Waals surface area (Å²) < 4.78 is 6.59. The molecule has 0 heterocycles. The van der Waals surface area contributed by atoms with E-state index in [9.17, 15) is 9.59 Å². The first kappa shape index (κ1) is 19.0. The average molecular weight is 406 g/mol. The molecule has 2 rings (SSSR count). The number of benzene rings is 2. The number of ether oxygens (including phenoxy) is 1. The van der Waals surface area contributed by atoms with E-state index in [4.69, 9.17) is 9.84 Å². The summed E-state index contributed by atoms with van der Waals surface area (Å²) in [5, 5.41) is 11.6. The Morgan fingerprint density at radius 2 is 2.00 bits per heavy atom. The van der Waals surface area contributed by atoms with Crippen LogP contribution in [0.2, 0.25) is 0 Å². The summed E-state index contributed by atoms with van der Waals surface area (Å²) >= 11 is 3.48. The van der Waals surface area contributed by atoms with Crippen molar-refractivity contribution in [3.05, 3.63) is 58.1 Å². The fraction of sp³-hybridized carbons (Fsp3) is 0.263. The van der Waals surface area contributed by atoms with Crippen molar-refractivity contribution in [2.45, 2.75) is 26.2 Å². The molecule has 0 aliphatic carbocycles. The number of aromatic carboxylic acids is 1. The molecule has 5 nitrogen and oxygen atoms in total. The molecule has 132 valence electrons. The Labute approximate surface area is 155 Å². The SMILES string of the molecule is CCc1ccc(OCCCC(=O)Nc2cccc(C(=O)O)c2)c(Br)c1. The maximum Gasteiger partial charge on any atom is 0.335 e. The highest BCUT2D eigenvalue weighted by Crippen LogP contribution is 2.26. The molecule has 0 aliphatic rings. The zero-order chi connectivity index (χ0) is 18.2. The van der Waals surface area contributed by atoms with Crippen molar-refractivity contribution in [3.8, 4) is 5.75 Å². The van der Waals surface area contributed by atoms with Crippen molar-refractivity contribution in [3.63, 3.8) is 0 Å². The smallest absolute Gasteiger partial charge is 0.335 e. The third kappa shape index (κ3) is 5.90. The molecule has 0 unspecified atom stereocenters. The summed E-state index contributed by atoms with van der Waals surface area (Å²) in [4.78, 5) is 22.9. The molecule has 0 radical (unpaired) electrons. The second-order valence-corrected chi connectivity index (χ2v) is 6.36. The minimum Gasteiger partial charge on any atom is -0.492 e. The Balaban J connectivity index is 1.77. The highest BCUT2D eigenvalue weighted by atomic mass is 79.9. The molecule has 6 heteroatoms. The van der Waals surface area contributed by atoms with Crippen LogP contribution in [0.25, 0.3) is 0 Å². The van der Waals surface area contributed by atoms with E-state index < -0.39 is 5.97 Å². The zero-order valence-electron chi connectivity index (χ0n) is 13.9. The quantitative estimate of drug-likeness (QED) is 0.633. The Hall–Kier alpha value is -2.34. The van der Waals surface area contributed by atoms with Gasteiger partial charge in [-0.15, -0.1) is 0 Å². The van der Waals surface area contributed by atoms with E-state index in [1.807, 2.05) is 18.2 Å². The largest absolute Gasteiger partial charge is 0.492 e. The Bertz CT molecular complexity index is 761. The summed E-state index contributed by atoms with van der Waals surface area (Å²) in [5.41, 5.74) is 1.84. The number of rotatable bonds is 8. The normalized spacial score (nSPS) is 10.3. The van der Waals surface area contributed by atoms with Crippen molar-refractivity contribution < 1.29 is 19.4 Å². The van der Waals surface area contributed by atoms with Gasteiger partial charge in [-0.2, -0.15) is 0 Å². The highest BCUT2D eigenvalue weighted by Gasteiger charge is 2.07. The first-order valence-corrected chi connectivity index (χ1v) is 8.83. The van der Waals surface area contributed by atoms with Gasteiger partial charge in [0.25, 0.3) is 0 Å². The number of hydrogen-bond donors (Lipinski definition) is 2. The lowest BCUT2D eigenvalue weighted by Crippen LogP contribution is -2.13. The van der Waals surface area contributed by atoms with Crippen molar-refractivity contribution in [2.75, 3.05) is 11.9 Å². The number of carbonyl (C=O) groups is 2. The fourth-order valence-electron chi connectivity index (χ4n) is 2.25. The Morgan fingerprint density at radius 1 is 1.20 bits per heavy atom. The van der Waals surface area contributed by atoms with Crippen LogP contribution in [0.1, 0.15) is 35.7 Å². The number of amides is 1. The molecule has 0 aliphatic heterocycles. The number of halogens is 1. The van der Waals surface area contributed by atoms with Gasteiger partial charge < -0.3 is 15.2 Å². The second kappa shape index (κ2) is 9.22. The van der Waals surface area contributed by atoms with Gasteiger partial charge in [0, 0.05) is 12.1 Å². The standard InChI is InChI=1S/C19H20BrNO4/c1-2-13-8-9-17(16(20)11-13)25-10-4-7-18(22)21-15-6-3-5-14(12-15)19(23)24/h3,5-6,8-9,11-12H,2,4,7,10H2,1H3,(H,21,22)(H,23,24). The maximum absolute atomic E-state index is 11.9. The highest BCUT2D eigenvalue weighted by molar-refractivity contribution is 9.10. The molecular formula is C19H20BrNO4. The van der Waals surface area contributed by atoms with Crippen LogP contribution in [-0.4, -0.2) is 23.6 Å².